The molecule has 0 bridgehead atoms. The van der Waals surface area contributed by atoms with Crippen LogP contribution in [0.3, 0.4) is 0 Å². The van der Waals surface area contributed by atoms with Crippen LogP contribution in [0.1, 0.15) is 41.0 Å². The zero-order chi connectivity index (χ0) is 13.6. The Morgan fingerprint density at radius 3 is 2.22 bits per heavy atom. The molecule has 0 aliphatic carbocycles. The van der Waals surface area contributed by atoms with Crippen molar-refractivity contribution < 1.29 is 0 Å². The van der Waals surface area contributed by atoms with Crippen LogP contribution >= 0.6 is 0 Å². The molecule has 1 rings (SSSR count). The second-order valence-corrected chi connectivity index (χ2v) is 6.77. The monoisotopic (exact) mass is 255 g/mol. The van der Waals surface area contributed by atoms with Gasteiger partial charge in [0.1, 0.15) is 0 Å². The minimum Gasteiger partial charge on any atom is -0.316 e. The molecule has 1 heterocycles. The van der Waals surface area contributed by atoms with Gasteiger partial charge >= 0.3 is 0 Å². The Morgan fingerprint density at radius 1 is 1.11 bits per heavy atom. The highest BCUT2D eigenvalue weighted by Crippen LogP contribution is 2.16. The molecule has 0 aromatic carbocycles. The molecule has 0 spiro atoms. The Kier molecular flexibility index (Phi) is 6.61. The van der Waals surface area contributed by atoms with Gasteiger partial charge in [0.2, 0.25) is 0 Å². The topological polar surface area (TPSA) is 18.5 Å². The molecular formula is C15H33N3. The standard InChI is InChI=1S/C15H33N3/c1-6-7-16-12-14(2)13-17-8-10-18(11-9-17)15(3,4)5/h14,16H,6-13H2,1-5H3. The van der Waals surface area contributed by atoms with Crippen molar-refractivity contribution in [2.24, 2.45) is 5.92 Å². The molecular weight excluding hydrogens is 222 g/mol. The summed E-state index contributed by atoms with van der Waals surface area (Å²) >= 11 is 0. The second-order valence-electron chi connectivity index (χ2n) is 6.77. The number of rotatable bonds is 6. The fourth-order valence-corrected chi connectivity index (χ4v) is 2.63. The largest absolute Gasteiger partial charge is 0.316 e. The molecule has 0 saturated carbocycles. The van der Waals surface area contributed by atoms with Crippen LogP contribution in [0.2, 0.25) is 0 Å². The fourth-order valence-electron chi connectivity index (χ4n) is 2.63. The van der Waals surface area contributed by atoms with E-state index in [2.05, 4.69) is 49.7 Å². The maximum absolute atomic E-state index is 3.52. The third-order valence-corrected chi connectivity index (χ3v) is 3.81. The van der Waals surface area contributed by atoms with Crippen LogP contribution in [-0.2, 0) is 0 Å². The summed E-state index contributed by atoms with van der Waals surface area (Å²) in [5.74, 6) is 0.762. The van der Waals surface area contributed by atoms with Crippen LogP contribution < -0.4 is 5.32 Å². The summed E-state index contributed by atoms with van der Waals surface area (Å²) in [7, 11) is 0. The molecule has 3 nitrogen and oxygen atoms in total. The molecule has 1 unspecified atom stereocenters. The van der Waals surface area contributed by atoms with Gasteiger partial charge in [0.25, 0.3) is 0 Å². The summed E-state index contributed by atoms with van der Waals surface area (Å²) < 4.78 is 0. The van der Waals surface area contributed by atoms with Crippen molar-refractivity contribution in [3.8, 4) is 0 Å². The van der Waals surface area contributed by atoms with E-state index in [9.17, 15) is 0 Å². The molecule has 108 valence electrons. The number of piperazine rings is 1. The Balaban J connectivity index is 2.19. The van der Waals surface area contributed by atoms with Gasteiger partial charge in [-0.1, -0.05) is 13.8 Å². The summed E-state index contributed by atoms with van der Waals surface area (Å²) in [5, 5.41) is 3.52. The number of nitrogens with one attached hydrogen (secondary N) is 1. The van der Waals surface area contributed by atoms with Gasteiger partial charge in [-0.25, -0.2) is 0 Å². The van der Waals surface area contributed by atoms with Gasteiger partial charge in [-0.3, -0.25) is 4.90 Å². The van der Waals surface area contributed by atoms with Gasteiger partial charge in [-0.2, -0.15) is 0 Å². The van der Waals surface area contributed by atoms with Crippen molar-refractivity contribution >= 4 is 0 Å². The zero-order valence-electron chi connectivity index (χ0n) is 13.1. The van der Waals surface area contributed by atoms with Crippen LogP contribution in [0.25, 0.3) is 0 Å². The molecule has 1 aliphatic heterocycles. The highest BCUT2D eigenvalue weighted by Gasteiger charge is 2.25. The lowest BCUT2D eigenvalue weighted by atomic mass is 10.0. The molecule has 3 heteroatoms. The minimum atomic E-state index is 0.334. The maximum atomic E-state index is 3.52. The van der Waals surface area contributed by atoms with Gasteiger partial charge in [0.05, 0.1) is 0 Å². The van der Waals surface area contributed by atoms with Crippen LogP contribution in [0.15, 0.2) is 0 Å². The van der Waals surface area contributed by atoms with E-state index in [4.69, 9.17) is 0 Å². The van der Waals surface area contributed by atoms with E-state index < -0.39 is 0 Å². The van der Waals surface area contributed by atoms with Crippen molar-refractivity contribution in [2.75, 3.05) is 45.8 Å². The summed E-state index contributed by atoms with van der Waals surface area (Å²) in [6, 6.07) is 0. The quantitative estimate of drug-likeness (QED) is 0.733. The predicted molar refractivity (Wildman–Crippen MR) is 80.1 cm³/mol. The van der Waals surface area contributed by atoms with E-state index in [1.807, 2.05) is 0 Å². The van der Waals surface area contributed by atoms with Gasteiger partial charge in [0, 0.05) is 38.3 Å². The van der Waals surface area contributed by atoms with Gasteiger partial charge in [-0.05, 0) is 46.2 Å². The van der Waals surface area contributed by atoms with Crippen molar-refractivity contribution in [3.63, 3.8) is 0 Å². The lowest BCUT2D eigenvalue weighted by Gasteiger charge is -2.42. The van der Waals surface area contributed by atoms with Gasteiger partial charge < -0.3 is 10.2 Å². The zero-order valence-corrected chi connectivity index (χ0v) is 13.1. The van der Waals surface area contributed by atoms with E-state index in [1.165, 1.54) is 39.1 Å². The first-order valence-electron chi connectivity index (χ1n) is 7.61. The molecule has 1 atom stereocenters. The summed E-state index contributed by atoms with van der Waals surface area (Å²) in [6.45, 7) is 20.0. The Bertz CT molecular complexity index is 214. The molecule has 0 amide bonds. The molecule has 0 aromatic rings. The fraction of sp³-hybridized carbons (Fsp3) is 1.00. The van der Waals surface area contributed by atoms with Crippen molar-refractivity contribution in [2.45, 2.75) is 46.6 Å². The normalized spacial score (nSPS) is 21.2. The van der Waals surface area contributed by atoms with E-state index in [1.54, 1.807) is 0 Å². The highest BCUT2D eigenvalue weighted by atomic mass is 15.3. The average Bonchev–Trinajstić information content (AvgIpc) is 2.29. The smallest absolute Gasteiger partial charge is 0.0126 e. The van der Waals surface area contributed by atoms with E-state index in [0.717, 1.165) is 19.0 Å². The lowest BCUT2D eigenvalue weighted by molar-refractivity contribution is 0.0564. The SMILES string of the molecule is CCCNCC(C)CN1CCN(C(C)(C)C)CC1. The third-order valence-electron chi connectivity index (χ3n) is 3.81. The Morgan fingerprint density at radius 2 is 1.72 bits per heavy atom. The molecule has 1 fully saturated rings. The van der Waals surface area contributed by atoms with E-state index >= 15 is 0 Å². The van der Waals surface area contributed by atoms with Crippen molar-refractivity contribution in [1.29, 1.82) is 0 Å². The molecule has 0 aromatic heterocycles. The van der Waals surface area contributed by atoms with Gasteiger partial charge in [0.15, 0.2) is 0 Å². The molecule has 1 aliphatic rings. The van der Waals surface area contributed by atoms with Crippen LogP contribution in [-0.4, -0.2) is 61.2 Å². The van der Waals surface area contributed by atoms with Crippen LogP contribution in [0.5, 0.6) is 0 Å². The Labute approximate surface area is 114 Å². The number of nitrogens with zero attached hydrogens (tertiary/aromatic N) is 2. The van der Waals surface area contributed by atoms with E-state index in [0.29, 0.717) is 5.54 Å². The van der Waals surface area contributed by atoms with Crippen molar-refractivity contribution in [1.82, 2.24) is 15.1 Å². The Hall–Kier alpha value is -0.120. The first kappa shape index (κ1) is 15.9. The van der Waals surface area contributed by atoms with Crippen LogP contribution in [0.4, 0.5) is 0 Å². The summed E-state index contributed by atoms with van der Waals surface area (Å²) in [6.07, 6.45) is 1.23. The maximum Gasteiger partial charge on any atom is 0.0126 e. The molecule has 0 radical (unpaired) electrons. The lowest BCUT2D eigenvalue weighted by Crippen LogP contribution is -2.54. The summed E-state index contributed by atoms with van der Waals surface area (Å²) in [5.41, 5.74) is 0.334. The number of hydrogen-bond donors (Lipinski definition) is 1. The van der Waals surface area contributed by atoms with Crippen LogP contribution in [0, 0.1) is 5.92 Å². The van der Waals surface area contributed by atoms with E-state index in [-0.39, 0.29) is 0 Å². The summed E-state index contributed by atoms with van der Waals surface area (Å²) in [4.78, 5) is 5.23. The highest BCUT2D eigenvalue weighted by molar-refractivity contribution is 4.82. The molecule has 1 N–H and O–H groups in total. The minimum absolute atomic E-state index is 0.334. The van der Waals surface area contributed by atoms with Gasteiger partial charge in [-0.15, -0.1) is 0 Å². The first-order chi connectivity index (χ1) is 8.43. The van der Waals surface area contributed by atoms with Crippen molar-refractivity contribution in [3.05, 3.63) is 0 Å². The number of hydrogen-bond acceptors (Lipinski definition) is 3. The molecule has 1 saturated heterocycles. The predicted octanol–water partition coefficient (Wildman–Crippen LogP) is 2.04. The third kappa shape index (κ3) is 5.68. The average molecular weight is 255 g/mol. The second kappa shape index (κ2) is 7.46. The molecule has 18 heavy (non-hydrogen) atoms. The first-order valence-corrected chi connectivity index (χ1v) is 7.61.